The van der Waals surface area contributed by atoms with Crippen molar-refractivity contribution in [2.75, 3.05) is 18.9 Å². The van der Waals surface area contributed by atoms with Crippen molar-refractivity contribution in [2.45, 2.75) is 19.0 Å². The Morgan fingerprint density at radius 2 is 2.43 bits per heavy atom. The first-order valence-electron chi connectivity index (χ1n) is 4.85. The van der Waals surface area contributed by atoms with Crippen molar-refractivity contribution in [1.29, 1.82) is 0 Å². The van der Waals surface area contributed by atoms with E-state index in [1.54, 1.807) is 0 Å². The van der Waals surface area contributed by atoms with Crippen molar-refractivity contribution in [3.05, 3.63) is 22.8 Å². The molecule has 0 aliphatic carbocycles. The smallest absolute Gasteiger partial charge is 0.128 e. The van der Waals surface area contributed by atoms with Gasteiger partial charge in [-0.25, -0.2) is 4.98 Å². The van der Waals surface area contributed by atoms with E-state index in [2.05, 4.69) is 38.2 Å². The van der Waals surface area contributed by atoms with E-state index in [4.69, 9.17) is 0 Å². The van der Waals surface area contributed by atoms with Gasteiger partial charge in [0.15, 0.2) is 0 Å². The zero-order chi connectivity index (χ0) is 9.97. The summed E-state index contributed by atoms with van der Waals surface area (Å²) in [5.41, 5.74) is 0. The van der Waals surface area contributed by atoms with E-state index in [0.29, 0.717) is 6.17 Å². The molecular formula is C10H14BrN3. The van der Waals surface area contributed by atoms with Crippen LogP contribution in [0.15, 0.2) is 22.8 Å². The number of rotatable bonds is 2. The van der Waals surface area contributed by atoms with E-state index in [1.807, 2.05) is 18.2 Å². The molecule has 1 atom stereocenters. The van der Waals surface area contributed by atoms with Crippen molar-refractivity contribution in [1.82, 2.24) is 9.88 Å². The summed E-state index contributed by atoms with van der Waals surface area (Å²) in [6.45, 7) is 1.17. The molecule has 1 fully saturated rings. The van der Waals surface area contributed by atoms with Gasteiger partial charge >= 0.3 is 0 Å². The standard InChI is InChI=1S/C10H14BrN3/c1-14-7-3-6-10(14)13-9-5-2-4-8(11)12-9/h2,4-5,10H,3,6-7H2,1H3,(H,12,13). The van der Waals surface area contributed by atoms with Gasteiger partial charge in [-0.1, -0.05) is 6.07 Å². The maximum Gasteiger partial charge on any atom is 0.128 e. The normalized spacial score (nSPS) is 22.6. The molecule has 4 heteroatoms. The average Bonchev–Trinajstić information content (AvgIpc) is 2.52. The minimum atomic E-state index is 0.441. The van der Waals surface area contributed by atoms with Crippen LogP contribution in [0.2, 0.25) is 0 Å². The number of nitrogens with one attached hydrogen (secondary N) is 1. The lowest BCUT2D eigenvalue weighted by molar-refractivity contribution is 0.338. The quantitative estimate of drug-likeness (QED) is 0.823. The van der Waals surface area contributed by atoms with Crippen LogP contribution in [0.3, 0.4) is 0 Å². The molecule has 1 aromatic rings. The van der Waals surface area contributed by atoms with E-state index in [-0.39, 0.29) is 0 Å². The van der Waals surface area contributed by atoms with E-state index in [1.165, 1.54) is 19.4 Å². The van der Waals surface area contributed by atoms with Gasteiger partial charge in [0, 0.05) is 0 Å². The third-order valence-corrected chi connectivity index (χ3v) is 2.99. The Kier molecular flexibility index (Phi) is 3.03. The summed E-state index contributed by atoms with van der Waals surface area (Å²) in [6, 6.07) is 5.93. The summed E-state index contributed by atoms with van der Waals surface area (Å²) < 4.78 is 0.878. The van der Waals surface area contributed by atoms with Gasteiger partial charge in [0.1, 0.15) is 10.4 Å². The highest BCUT2D eigenvalue weighted by atomic mass is 79.9. The summed E-state index contributed by atoms with van der Waals surface area (Å²) in [6.07, 6.45) is 2.91. The Bertz CT molecular complexity index is 316. The molecule has 1 saturated heterocycles. The van der Waals surface area contributed by atoms with Crippen molar-refractivity contribution >= 4 is 21.7 Å². The second kappa shape index (κ2) is 4.28. The molecule has 1 aliphatic rings. The van der Waals surface area contributed by atoms with E-state index >= 15 is 0 Å². The van der Waals surface area contributed by atoms with Gasteiger partial charge < -0.3 is 5.32 Å². The zero-order valence-corrected chi connectivity index (χ0v) is 9.79. The van der Waals surface area contributed by atoms with Gasteiger partial charge in [-0.15, -0.1) is 0 Å². The first-order valence-corrected chi connectivity index (χ1v) is 5.64. The van der Waals surface area contributed by atoms with Gasteiger partial charge in [-0.2, -0.15) is 0 Å². The molecule has 76 valence electrons. The number of aromatic nitrogens is 1. The zero-order valence-electron chi connectivity index (χ0n) is 8.20. The van der Waals surface area contributed by atoms with E-state index in [0.717, 1.165) is 10.4 Å². The maximum atomic E-state index is 4.35. The second-order valence-corrected chi connectivity index (χ2v) is 4.44. The van der Waals surface area contributed by atoms with Crippen LogP contribution in [0.25, 0.3) is 0 Å². The van der Waals surface area contributed by atoms with Crippen LogP contribution in [-0.2, 0) is 0 Å². The summed E-state index contributed by atoms with van der Waals surface area (Å²) in [5, 5.41) is 3.42. The average molecular weight is 256 g/mol. The maximum absolute atomic E-state index is 4.35. The van der Waals surface area contributed by atoms with Crippen molar-refractivity contribution in [2.24, 2.45) is 0 Å². The highest BCUT2D eigenvalue weighted by Crippen LogP contribution is 2.18. The summed E-state index contributed by atoms with van der Waals surface area (Å²) >= 11 is 3.36. The van der Waals surface area contributed by atoms with Gasteiger partial charge in [-0.3, -0.25) is 4.90 Å². The molecule has 0 amide bonds. The van der Waals surface area contributed by atoms with Crippen LogP contribution >= 0.6 is 15.9 Å². The highest BCUT2D eigenvalue weighted by Gasteiger charge is 2.20. The molecule has 0 radical (unpaired) electrons. The molecule has 0 aromatic carbocycles. The molecule has 3 nitrogen and oxygen atoms in total. The van der Waals surface area contributed by atoms with Crippen LogP contribution in [0.4, 0.5) is 5.82 Å². The molecule has 14 heavy (non-hydrogen) atoms. The Labute approximate surface area is 92.6 Å². The highest BCUT2D eigenvalue weighted by molar-refractivity contribution is 9.10. The molecule has 0 bridgehead atoms. The third-order valence-electron chi connectivity index (χ3n) is 2.55. The van der Waals surface area contributed by atoms with E-state index < -0.39 is 0 Å². The van der Waals surface area contributed by atoms with Crippen LogP contribution in [-0.4, -0.2) is 29.6 Å². The van der Waals surface area contributed by atoms with Gasteiger partial charge in [0.05, 0.1) is 6.17 Å². The van der Waals surface area contributed by atoms with Gasteiger partial charge in [0.25, 0.3) is 0 Å². The summed E-state index contributed by atoms with van der Waals surface area (Å²) in [7, 11) is 2.14. The topological polar surface area (TPSA) is 28.2 Å². The van der Waals surface area contributed by atoms with Gasteiger partial charge in [0.2, 0.25) is 0 Å². The van der Waals surface area contributed by atoms with Gasteiger partial charge in [-0.05, 0) is 54.5 Å². The Morgan fingerprint density at radius 1 is 1.57 bits per heavy atom. The number of hydrogen-bond donors (Lipinski definition) is 1. The predicted molar refractivity (Wildman–Crippen MR) is 61.2 cm³/mol. The van der Waals surface area contributed by atoms with E-state index in [9.17, 15) is 0 Å². The van der Waals surface area contributed by atoms with Crippen LogP contribution < -0.4 is 5.32 Å². The molecular weight excluding hydrogens is 242 g/mol. The monoisotopic (exact) mass is 255 g/mol. The molecule has 2 rings (SSSR count). The van der Waals surface area contributed by atoms with Crippen LogP contribution in [0, 0.1) is 0 Å². The molecule has 1 aromatic heterocycles. The number of hydrogen-bond acceptors (Lipinski definition) is 3. The fourth-order valence-corrected chi connectivity index (χ4v) is 2.10. The molecule has 1 aliphatic heterocycles. The minimum Gasteiger partial charge on any atom is -0.355 e. The molecule has 1 unspecified atom stereocenters. The number of nitrogens with zero attached hydrogens (tertiary/aromatic N) is 2. The second-order valence-electron chi connectivity index (χ2n) is 3.63. The van der Waals surface area contributed by atoms with Crippen molar-refractivity contribution in [3.63, 3.8) is 0 Å². The fourth-order valence-electron chi connectivity index (χ4n) is 1.75. The first kappa shape index (κ1) is 9.93. The minimum absolute atomic E-state index is 0.441. The number of anilines is 1. The van der Waals surface area contributed by atoms with Crippen LogP contribution in [0.1, 0.15) is 12.8 Å². The number of pyridine rings is 1. The SMILES string of the molecule is CN1CCCC1Nc1cccc(Br)n1. The Balaban J connectivity index is 2.03. The first-order chi connectivity index (χ1) is 6.75. The molecule has 0 spiro atoms. The number of likely N-dealkylation sites (tertiary alicyclic amines) is 1. The summed E-state index contributed by atoms with van der Waals surface area (Å²) in [5.74, 6) is 0.943. The molecule has 1 N–H and O–H groups in total. The van der Waals surface area contributed by atoms with Crippen LogP contribution in [0.5, 0.6) is 0 Å². The lowest BCUT2D eigenvalue weighted by Gasteiger charge is -2.21. The summed E-state index contributed by atoms with van der Waals surface area (Å²) in [4.78, 5) is 6.67. The predicted octanol–water partition coefficient (Wildman–Crippen LogP) is 2.31. The molecule has 0 saturated carbocycles. The lowest BCUT2D eigenvalue weighted by Crippen LogP contribution is -2.32. The Morgan fingerprint density at radius 3 is 3.07 bits per heavy atom. The fraction of sp³-hybridized carbons (Fsp3) is 0.500. The Hall–Kier alpha value is -0.610. The van der Waals surface area contributed by atoms with Crippen molar-refractivity contribution in [3.8, 4) is 0 Å². The number of halogens is 1. The third kappa shape index (κ3) is 2.25. The molecule has 2 heterocycles. The largest absolute Gasteiger partial charge is 0.355 e. The lowest BCUT2D eigenvalue weighted by atomic mass is 10.3. The van der Waals surface area contributed by atoms with Crippen molar-refractivity contribution < 1.29 is 0 Å².